The minimum absolute atomic E-state index is 0.0222. The van der Waals surface area contributed by atoms with E-state index in [1.165, 1.54) is 9.47 Å². The van der Waals surface area contributed by atoms with Crippen LogP contribution in [0.3, 0.4) is 0 Å². The van der Waals surface area contributed by atoms with E-state index in [2.05, 4.69) is 5.32 Å². The van der Waals surface area contributed by atoms with Gasteiger partial charge in [-0.2, -0.15) is 8.42 Å². The number of aromatic hydroxyl groups is 1. The minimum Gasteiger partial charge on any atom is -0.503 e. The highest BCUT2D eigenvalue weighted by molar-refractivity contribution is 7.86. The van der Waals surface area contributed by atoms with Gasteiger partial charge in [0, 0.05) is 49.8 Å². The zero-order chi connectivity index (χ0) is 26.6. The number of hydrogen-bond acceptors (Lipinski definition) is 7. The second-order valence-electron chi connectivity index (χ2n) is 9.44. The topological polar surface area (TPSA) is 135 Å². The Balaban J connectivity index is 1.71. The molecule has 0 saturated heterocycles. The van der Waals surface area contributed by atoms with Crippen molar-refractivity contribution in [3.05, 3.63) is 63.1 Å². The molecule has 0 atom stereocenters. The van der Waals surface area contributed by atoms with E-state index in [4.69, 9.17) is 4.18 Å². The molecular weight excluding hydrogens is 500 g/mol. The third kappa shape index (κ3) is 4.60. The summed E-state index contributed by atoms with van der Waals surface area (Å²) in [5.74, 6) is -4.14. The molecule has 1 fully saturated rings. The maximum atomic E-state index is 13.9. The van der Waals surface area contributed by atoms with Crippen LogP contribution in [0.5, 0.6) is 5.75 Å². The second-order valence-corrected chi connectivity index (χ2v) is 11.0. The molecule has 1 aliphatic carbocycles. The van der Waals surface area contributed by atoms with Gasteiger partial charge in [-0.15, -0.1) is 0 Å². The smallest absolute Gasteiger partial charge is 0.274 e. The summed E-state index contributed by atoms with van der Waals surface area (Å²) >= 11 is 0. The number of halogens is 2. The molecule has 2 amide bonds. The van der Waals surface area contributed by atoms with E-state index in [-0.39, 0.29) is 43.2 Å². The van der Waals surface area contributed by atoms with E-state index in [0.717, 1.165) is 24.6 Å². The Labute approximate surface area is 205 Å². The van der Waals surface area contributed by atoms with Gasteiger partial charge in [-0.3, -0.25) is 18.6 Å². The van der Waals surface area contributed by atoms with Crippen LogP contribution < -0.4 is 10.7 Å². The molecule has 4 rings (SSSR count). The van der Waals surface area contributed by atoms with Crippen molar-refractivity contribution < 1.29 is 36.1 Å². The standard InChI is InChI=1S/C23H25F2N3O7S/c1-12(2)27-11-23(7-15(8-23)35-36(3,33)34)28-10-16(19(29)20(30)18(28)22(27)32)21(31)26-9-13-4-5-14(24)6-17(13)25/h4-6,10,12,15,30H,7-9,11H2,1-3H3,(H,26,31)/t15-,23+. The molecule has 36 heavy (non-hydrogen) atoms. The number of rotatable bonds is 6. The molecule has 194 valence electrons. The molecule has 10 nitrogen and oxygen atoms in total. The van der Waals surface area contributed by atoms with Gasteiger partial charge < -0.3 is 19.9 Å². The van der Waals surface area contributed by atoms with Crippen molar-refractivity contribution in [2.45, 2.75) is 50.9 Å². The Hall–Kier alpha value is -3.32. The van der Waals surface area contributed by atoms with Crippen molar-refractivity contribution in [1.29, 1.82) is 0 Å². The highest BCUT2D eigenvalue weighted by Gasteiger charge is 2.54. The molecule has 2 heterocycles. The van der Waals surface area contributed by atoms with E-state index in [9.17, 15) is 36.7 Å². The Morgan fingerprint density at radius 3 is 2.53 bits per heavy atom. The predicted molar refractivity (Wildman–Crippen MR) is 123 cm³/mol. The lowest BCUT2D eigenvalue weighted by Crippen LogP contribution is -2.63. The second kappa shape index (κ2) is 8.96. The fourth-order valence-corrected chi connectivity index (χ4v) is 5.35. The van der Waals surface area contributed by atoms with Crippen LogP contribution >= 0.6 is 0 Å². The zero-order valence-electron chi connectivity index (χ0n) is 19.7. The van der Waals surface area contributed by atoms with Crippen LogP contribution in [0.25, 0.3) is 0 Å². The van der Waals surface area contributed by atoms with Gasteiger partial charge >= 0.3 is 0 Å². The Morgan fingerprint density at radius 1 is 1.28 bits per heavy atom. The number of hydrogen-bond donors (Lipinski definition) is 2. The van der Waals surface area contributed by atoms with Crippen molar-refractivity contribution in [2.24, 2.45) is 0 Å². The quantitative estimate of drug-likeness (QED) is 0.545. The van der Waals surface area contributed by atoms with Gasteiger partial charge in [-0.05, 0) is 19.9 Å². The molecule has 1 saturated carbocycles. The molecule has 1 spiro atoms. The number of benzene rings is 1. The summed E-state index contributed by atoms with van der Waals surface area (Å²) in [4.78, 5) is 40.3. The number of amides is 2. The van der Waals surface area contributed by atoms with Crippen molar-refractivity contribution in [1.82, 2.24) is 14.8 Å². The lowest BCUT2D eigenvalue weighted by Gasteiger charge is -2.54. The van der Waals surface area contributed by atoms with Gasteiger partial charge in [0.25, 0.3) is 21.9 Å². The number of carbonyl (C=O) groups excluding carboxylic acids is 2. The summed E-state index contributed by atoms with van der Waals surface area (Å²) in [6.45, 7) is 3.30. The number of nitrogens with zero attached hydrogens (tertiary/aromatic N) is 2. The summed E-state index contributed by atoms with van der Waals surface area (Å²) in [7, 11) is -3.74. The number of pyridine rings is 1. The first-order chi connectivity index (χ1) is 16.7. The molecule has 1 aliphatic heterocycles. The lowest BCUT2D eigenvalue weighted by atomic mass is 9.71. The molecular formula is C23H25F2N3O7S. The van der Waals surface area contributed by atoms with Crippen LogP contribution in [-0.4, -0.2) is 59.8 Å². The average Bonchev–Trinajstić information content (AvgIpc) is 2.74. The van der Waals surface area contributed by atoms with Gasteiger partial charge in [0.15, 0.2) is 11.4 Å². The molecule has 1 aromatic carbocycles. The lowest BCUT2D eigenvalue weighted by molar-refractivity contribution is -0.0379. The Kier molecular flexibility index (Phi) is 6.41. The first kappa shape index (κ1) is 25.8. The monoisotopic (exact) mass is 525 g/mol. The molecule has 1 aromatic heterocycles. The number of nitrogens with one attached hydrogen (secondary N) is 1. The molecule has 2 aromatic rings. The van der Waals surface area contributed by atoms with E-state index in [0.29, 0.717) is 6.07 Å². The summed E-state index contributed by atoms with van der Waals surface area (Å²) in [5, 5.41) is 13.1. The zero-order valence-corrected chi connectivity index (χ0v) is 20.6. The third-order valence-corrected chi connectivity index (χ3v) is 7.09. The van der Waals surface area contributed by atoms with Gasteiger partial charge in [0.1, 0.15) is 17.2 Å². The predicted octanol–water partition coefficient (Wildman–Crippen LogP) is 1.46. The first-order valence-electron chi connectivity index (χ1n) is 11.1. The van der Waals surface area contributed by atoms with Crippen LogP contribution in [0.1, 0.15) is 53.1 Å². The minimum atomic E-state index is -3.74. The summed E-state index contributed by atoms with van der Waals surface area (Å²) < 4.78 is 56.6. The van der Waals surface area contributed by atoms with E-state index in [1.807, 2.05) is 0 Å². The fourth-order valence-electron chi connectivity index (χ4n) is 4.72. The Bertz CT molecular complexity index is 1420. The molecule has 0 radical (unpaired) electrons. The van der Waals surface area contributed by atoms with E-state index in [1.54, 1.807) is 13.8 Å². The fraction of sp³-hybridized carbons (Fsp3) is 0.435. The van der Waals surface area contributed by atoms with Gasteiger partial charge in [-0.25, -0.2) is 8.78 Å². The van der Waals surface area contributed by atoms with E-state index < -0.39 is 62.0 Å². The third-order valence-electron chi connectivity index (χ3n) is 6.47. The van der Waals surface area contributed by atoms with E-state index >= 15 is 0 Å². The van der Waals surface area contributed by atoms with Crippen LogP contribution in [-0.2, 0) is 26.4 Å². The number of carbonyl (C=O) groups is 2. The van der Waals surface area contributed by atoms with Gasteiger partial charge in [-0.1, -0.05) is 6.07 Å². The Morgan fingerprint density at radius 2 is 1.94 bits per heavy atom. The summed E-state index contributed by atoms with van der Waals surface area (Å²) in [5.41, 5.74) is -2.83. The highest BCUT2D eigenvalue weighted by Crippen LogP contribution is 2.46. The molecule has 0 bridgehead atoms. The van der Waals surface area contributed by atoms with Crippen molar-refractivity contribution in [3.63, 3.8) is 0 Å². The van der Waals surface area contributed by atoms with Gasteiger partial charge in [0.2, 0.25) is 5.43 Å². The number of fused-ring (bicyclic) bond motifs is 2. The maximum absolute atomic E-state index is 13.9. The number of aromatic nitrogens is 1. The van der Waals surface area contributed by atoms with Crippen LogP contribution in [0.4, 0.5) is 8.78 Å². The molecule has 0 unspecified atom stereocenters. The summed E-state index contributed by atoms with van der Waals surface area (Å²) in [6, 6.07) is 2.53. The van der Waals surface area contributed by atoms with Crippen molar-refractivity contribution in [3.8, 4) is 5.75 Å². The summed E-state index contributed by atoms with van der Waals surface area (Å²) in [6.07, 6.45) is 1.68. The average molecular weight is 526 g/mol. The molecule has 2 N–H and O–H groups in total. The van der Waals surface area contributed by atoms with Crippen LogP contribution in [0, 0.1) is 11.6 Å². The van der Waals surface area contributed by atoms with Crippen LogP contribution in [0.15, 0.2) is 29.2 Å². The van der Waals surface area contributed by atoms with Crippen molar-refractivity contribution in [2.75, 3.05) is 12.8 Å². The molecule has 2 aliphatic rings. The largest absolute Gasteiger partial charge is 0.503 e. The highest BCUT2D eigenvalue weighted by atomic mass is 32.2. The molecule has 13 heteroatoms. The van der Waals surface area contributed by atoms with Crippen LogP contribution in [0.2, 0.25) is 0 Å². The maximum Gasteiger partial charge on any atom is 0.274 e. The SMILES string of the molecule is CC(C)N1C[C@]2(C[C@H](OS(C)(=O)=O)C2)n2cc(C(=O)NCc3ccc(F)cc3F)c(=O)c(O)c2C1=O. The first-order valence-corrected chi connectivity index (χ1v) is 12.9. The van der Waals surface area contributed by atoms with Crippen molar-refractivity contribution >= 4 is 21.9 Å². The van der Waals surface area contributed by atoms with Gasteiger partial charge in [0.05, 0.1) is 17.9 Å². The normalized spacial score (nSPS) is 21.4.